The number of carboxylic acid groups (broad SMARTS) is 1. The van der Waals surface area contributed by atoms with Gasteiger partial charge in [-0.2, -0.15) is 0 Å². The third kappa shape index (κ3) is 4.31. The quantitative estimate of drug-likeness (QED) is 0.782. The van der Waals surface area contributed by atoms with Gasteiger partial charge >= 0.3 is 11.9 Å². The number of benzene rings is 1. The Morgan fingerprint density at radius 1 is 1.00 bits per heavy atom. The van der Waals surface area contributed by atoms with Crippen molar-refractivity contribution in [2.45, 2.75) is 26.7 Å². The lowest BCUT2D eigenvalue weighted by atomic mass is 10.0. The molecule has 120 valence electrons. The predicted octanol–water partition coefficient (Wildman–Crippen LogP) is 2.43. The standard InChI is InChI=1S/C16H21NO5/c1-4-6-17(7-5-2)14(18)11-8-12(15(19)20)10-13(9-11)16(21)22-3/h8-10H,4-7H2,1-3H3,(H,19,20). The van der Waals surface area contributed by atoms with Gasteiger partial charge < -0.3 is 14.7 Å². The maximum absolute atomic E-state index is 12.5. The first-order chi connectivity index (χ1) is 10.4. The predicted molar refractivity (Wildman–Crippen MR) is 81.2 cm³/mol. The molecule has 0 atom stereocenters. The van der Waals surface area contributed by atoms with Crippen LogP contribution in [0.3, 0.4) is 0 Å². The molecule has 0 radical (unpaired) electrons. The van der Waals surface area contributed by atoms with Crippen LogP contribution >= 0.6 is 0 Å². The molecular weight excluding hydrogens is 286 g/mol. The third-order valence-corrected chi connectivity index (χ3v) is 3.12. The summed E-state index contributed by atoms with van der Waals surface area (Å²) in [7, 11) is 1.21. The van der Waals surface area contributed by atoms with Gasteiger partial charge in [-0.05, 0) is 31.0 Å². The molecule has 0 unspecified atom stereocenters. The number of methoxy groups -OCH3 is 1. The lowest BCUT2D eigenvalue weighted by molar-refractivity contribution is 0.0600. The van der Waals surface area contributed by atoms with E-state index in [0.717, 1.165) is 12.8 Å². The molecular formula is C16H21NO5. The molecule has 0 spiro atoms. The van der Waals surface area contributed by atoms with Gasteiger partial charge in [-0.3, -0.25) is 4.79 Å². The van der Waals surface area contributed by atoms with Crippen LogP contribution in [0.1, 0.15) is 57.8 Å². The van der Waals surface area contributed by atoms with Gasteiger partial charge in [-0.25, -0.2) is 9.59 Å². The number of amides is 1. The van der Waals surface area contributed by atoms with Crippen molar-refractivity contribution in [2.75, 3.05) is 20.2 Å². The molecule has 0 saturated heterocycles. The summed E-state index contributed by atoms with van der Waals surface area (Å²) in [6.07, 6.45) is 1.60. The molecule has 1 N–H and O–H groups in total. The number of nitrogens with zero attached hydrogens (tertiary/aromatic N) is 1. The molecule has 6 heteroatoms. The van der Waals surface area contributed by atoms with Gasteiger partial charge in [0.1, 0.15) is 0 Å². The van der Waals surface area contributed by atoms with Gasteiger partial charge in [0, 0.05) is 18.7 Å². The molecule has 0 fully saturated rings. The maximum atomic E-state index is 12.5. The fourth-order valence-corrected chi connectivity index (χ4v) is 2.15. The highest BCUT2D eigenvalue weighted by atomic mass is 16.5. The molecule has 1 aromatic carbocycles. The average Bonchev–Trinajstić information content (AvgIpc) is 2.52. The molecule has 0 bridgehead atoms. The van der Waals surface area contributed by atoms with Crippen molar-refractivity contribution in [2.24, 2.45) is 0 Å². The first-order valence-corrected chi connectivity index (χ1v) is 7.20. The molecule has 22 heavy (non-hydrogen) atoms. The van der Waals surface area contributed by atoms with Crippen LogP contribution in [0.5, 0.6) is 0 Å². The largest absolute Gasteiger partial charge is 0.478 e. The van der Waals surface area contributed by atoms with Crippen LogP contribution in [0, 0.1) is 0 Å². The van der Waals surface area contributed by atoms with E-state index in [1.54, 1.807) is 4.90 Å². The molecule has 0 aliphatic rings. The molecule has 0 saturated carbocycles. The van der Waals surface area contributed by atoms with Gasteiger partial charge in [-0.1, -0.05) is 13.8 Å². The SMILES string of the molecule is CCCN(CCC)C(=O)c1cc(C(=O)O)cc(C(=O)OC)c1. The maximum Gasteiger partial charge on any atom is 0.337 e. The smallest absolute Gasteiger partial charge is 0.337 e. The normalized spacial score (nSPS) is 10.1. The highest BCUT2D eigenvalue weighted by Gasteiger charge is 2.19. The summed E-state index contributed by atoms with van der Waals surface area (Å²) in [6.45, 7) is 5.09. The first kappa shape index (κ1) is 17.7. The zero-order valence-corrected chi connectivity index (χ0v) is 13.1. The Labute approximate surface area is 129 Å². The van der Waals surface area contributed by atoms with E-state index >= 15 is 0 Å². The second kappa shape index (κ2) is 8.17. The summed E-state index contributed by atoms with van der Waals surface area (Å²) in [5.74, 6) is -2.15. The van der Waals surface area contributed by atoms with Crippen LogP contribution in [0.2, 0.25) is 0 Å². The number of ether oxygens (including phenoxy) is 1. The molecule has 1 rings (SSSR count). The van der Waals surface area contributed by atoms with Crippen LogP contribution in [-0.2, 0) is 4.74 Å². The van der Waals surface area contributed by atoms with Crippen molar-refractivity contribution < 1.29 is 24.2 Å². The number of carboxylic acids is 1. The van der Waals surface area contributed by atoms with Crippen molar-refractivity contribution in [3.8, 4) is 0 Å². The Hall–Kier alpha value is -2.37. The van der Waals surface area contributed by atoms with E-state index in [-0.39, 0.29) is 22.6 Å². The highest BCUT2D eigenvalue weighted by Crippen LogP contribution is 2.15. The Morgan fingerprint density at radius 3 is 1.95 bits per heavy atom. The summed E-state index contributed by atoms with van der Waals surface area (Å²) in [4.78, 5) is 37.0. The van der Waals surface area contributed by atoms with Crippen molar-refractivity contribution in [3.63, 3.8) is 0 Å². The first-order valence-electron chi connectivity index (χ1n) is 7.20. The lowest BCUT2D eigenvalue weighted by Crippen LogP contribution is -2.32. The number of carbonyl (C=O) groups excluding carboxylic acids is 2. The van der Waals surface area contributed by atoms with Crippen molar-refractivity contribution >= 4 is 17.8 Å². The Morgan fingerprint density at radius 2 is 1.50 bits per heavy atom. The van der Waals surface area contributed by atoms with Gasteiger partial charge in [0.2, 0.25) is 0 Å². The number of rotatable bonds is 7. The summed E-state index contributed by atoms with van der Waals surface area (Å²) >= 11 is 0. The number of esters is 1. The van der Waals surface area contributed by atoms with E-state index in [0.29, 0.717) is 13.1 Å². The fourth-order valence-electron chi connectivity index (χ4n) is 2.15. The second-order valence-corrected chi connectivity index (χ2v) is 4.89. The average molecular weight is 307 g/mol. The molecule has 0 aromatic heterocycles. The molecule has 0 aliphatic heterocycles. The third-order valence-electron chi connectivity index (χ3n) is 3.12. The van der Waals surface area contributed by atoms with E-state index in [1.165, 1.54) is 25.3 Å². The van der Waals surface area contributed by atoms with Crippen molar-refractivity contribution in [1.29, 1.82) is 0 Å². The van der Waals surface area contributed by atoms with Crippen molar-refractivity contribution in [1.82, 2.24) is 4.90 Å². The van der Waals surface area contributed by atoms with Crippen LogP contribution < -0.4 is 0 Å². The Balaban J connectivity index is 3.26. The van der Waals surface area contributed by atoms with Crippen LogP contribution in [-0.4, -0.2) is 48.1 Å². The van der Waals surface area contributed by atoms with Crippen LogP contribution in [0.25, 0.3) is 0 Å². The second-order valence-electron chi connectivity index (χ2n) is 4.89. The zero-order valence-electron chi connectivity index (χ0n) is 13.1. The minimum Gasteiger partial charge on any atom is -0.478 e. The Kier molecular flexibility index (Phi) is 6.56. The van der Waals surface area contributed by atoms with E-state index in [2.05, 4.69) is 4.74 Å². The van der Waals surface area contributed by atoms with Gasteiger partial charge in [0.15, 0.2) is 0 Å². The number of carbonyl (C=O) groups is 3. The van der Waals surface area contributed by atoms with Crippen molar-refractivity contribution in [3.05, 3.63) is 34.9 Å². The molecule has 6 nitrogen and oxygen atoms in total. The summed E-state index contributed by atoms with van der Waals surface area (Å²) < 4.78 is 4.60. The van der Waals surface area contributed by atoms with Crippen LogP contribution in [0.4, 0.5) is 0 Å². The number of aromatic carboxylic acids is 1. The van der Waals surface area contributed by atoms with E-state index in [1.807, 2.05) is 13.8 Å². The van der Waals surface area contributed by atoms with E-state index in [4.69, 9.17) is 5.11 Å². The lowest BCUT2D eigenvalue weighted by Gasteiger charge is -2.22. The topological polar surface area (TPSA) is 83.9 Å². The summed E-state index contributed by atoms with van der Waals surface area (Å²) in [5.41, 5.74) is 0.125. The van der Waals surface area contributed by atoms with E-state index in [9.17, 15) is 14.4 Å². The number of hydrogen-bond donors (Lipinski definition) is 1. The minimum atomic E-state index is -1.20. The molecule has 0 aliphatic carbocycles. The highest BCUT2D eigenvalue weighted by molar-refractivity contribution is 6.01. The van der Waals surface area contributed by atoms with Gasteiger partial charge in [-0.15, -0.1) is 0 Å². The molecule has 1 amide bonds. The molecule has 0 heterocycles. The number of hydrogen-bond acceptors (Lipinski definition) is 4. The minimum absolute atomic E-state index is 0.0543. The summed E-state index contributed by atoms with van der Waals surface area (Å²) in [5, 5.41) is 9.14. The van der Waals surface area contributed by atoms with E-state index < -0.39 is 11.9 Å². The van der Waals surface area contributed by atoms with Gasteiger partial charge in [0.25, 0.3) is 5.91 Å². The van der Waals surface area contributed by atoms with Crippen LogP contribution in [0.15, 0.2) is 18.2 Å². The zero-order chi connectivity index (χ0) is 16.7. The fraction of sp³-hybridized carbons (Fsp3) is 0.438. The monoisotopic (exact) mass is 307 g/mol. The van der Waals surface area contributed by atoms with Gasteiger partial charge in [0.05, 0.1) is 18.2 Å². The molecule has 1 aromatic rings. The summed E-state index contributed by atoms with van der Waals surface area (Å²) in [6, 6.07) is 3.86. The Bertz CT molecular complexity index is 562.